The van der Waals surface area contributed by atoms with E-state index in [9.17, 15) is 13.2 Å². The third-order valence-corrected chi connectivity index (χ3v) is 4.87. The number of benzene rings is 1. The first kappa shape index (κ1) is 16.4. The molecule has 0 spiro atoms. The van der Waals surface area contributed by atoms with E-state index >= 15 is 0 Å². The molecule has 0 saturated heterocycles. The Kier molecular flexibility index (Phi) is 5.75. The summed E-state index contributed by atoms with van der Waals surface area (Å²) in [5, 5.41) is 17.8. The van der Waals surface area contributed by atoms with Crippen molar-refractivity contribution >= 4 is 43.5 Å². The van der Waals surface area contributed by atoms with Crippen LogP contribution in [0.1, 0.15) is 6.42 Å². The van der Waals surface area contributed by atoms with E-state index in [1.54, 1.807) is 0 Å². The minimum Gasteiger partial charge on any atom is -0.479 e. The van der Waals surface area contributed by atoms with Gasteiger partial charge in [0.15, 0.2) is 6.10 Å². The molecule has 3 N–H and O–H groups in total. The summed E-state index contributed by atoms with van der Waals surface area (Å²) in [7, 11) is -3.76. The number of aliphatic hydroxyl groups is 1. The zero-order valence-electron chi connectivity index (χ0n) is 9.51. The lowest BCUT2D eigenvalue weighted by Crippen LogP contribution is -2.30. The van der Waals surface area contributed by atoms with Crippen LogP contribution in [0.15, 0.2) is 27.6 Å². The molecular weight excluding hydrogens is 362 g/mol. The molecule has 9 heteroatoms. The van der Waals surface area contributed by atoms with Crippen LogP contribution in [0.5, 0.6) is 0 Å². The molecule has 0 radical (unpaired) electrons. The lowest BCUT2D eigenvalue weighted by molar-refractivity contribution is -0.146. The van der Waals surface area contributed by atoms with E-state index < -0.39 is 22.1 Å². The topological polar surface area (TPSA) is 104 Å². The van der Waals surface area contributed by atoms with Crippen molar-refractivity contribution in [3.8, 4) is 0 Å². The molecule has 0 amide bonds. The van der Waals surface area contributed by atoms with Crippen LogP contribution in [0.4, 0.5) is 0 Å². The Morgan fingerprint density at radius 1 is 1.47 bits per heavy atom. The molecule has 106 valence electrons. The van der Waals surface area contributed by atoms with Crippen LogP contribution < -0.4 is 4.72 Å². The van der Waals surface area contributed by atoms with Crippen molar-refractivity contribution in [3.63, 3.8) is 0 Å². The molecule has 1 atom stereocenters. The molecule has 0 fully saturated rings. The number of carboxylic acid groups (broad SMARTS) is 1. The number of hydrogen-bond acceptors (Lipinski definition) is 4. The van der Waals surface area contributed by atoms with Crippen LogP contribution in [0.2, 0.25) is 5.02 Å². The van der Waals surface area contributed by atoms with Gasteiger partial charge >= 0.3 is 5.97 Å². The first-order valence-electron chi connectivity index (χ1n) is 5.09. The van der Waals surface area contributed by atoms with Crippen LogP contribution in [0.25, 0.3) is 0 Å². The molecule has 0 aromatic heterocycles. The Hall–Kier alpha value is -0.670. The highest BCUT2D eigenvalue weighted by molar-refractivity contribution is 9.10. The zero-order chi connectivity index (χ0) is 14.6. The molecule has 0 bridgehead atoms. The van der Waals surface area contributed by atoms with Crippen molar-refractivity contribution in [1.82, 2.24) is 4.72 Å². The van der Waals surface area contributed by atoms with Crippen molar-refractivity contribution < 1.29 is 23.4 Å². The summed E-state index contributed by atoms with van der Waals surface area (Å²) in [5.41, 5.74) is 0. The maximum Gasteiger partial charge on any atom is 0.332 e. The van der Waals surface area contributed by atoms with Crippen LogP contribution in [-0.2, 0) is 14.8 Å². The number of sulfonamides is 1. The molecule has 0 aliphatic carbocycles. The number of rotatable bonds is 6. The number of aliphatic hydroxyl groups excluding tert-OH is 1. The second-order valence-electron chi connectivity index (χ2n) is 3.62. The first-order chi connectivity index (χ1) is 8.74. The van der Waals surface area contributed by atoms with Gasteiger partial charge in [-0.1, -0.05) is 11.6 Å². The Balaban J connectivity index is 2.71. The van der Waals surface area contributed by atoms with E-state index in [0.717, 1.165) is 0 Å². The molecule has 0 aliphatic rings. The number of carbonyl (C=O) groups is 1. The van der Waals surface area contributed by atoms with E-state index in [1.165, 1.54) is 18.2 Å². The van der Waals surface area contributed by atoms with Crippen LogP contribution in [0.3, 0.4) is 0 Å². The van der Waals surface area contributed by atoms with Crippen LogP contribution >= 0.6 is 27.5 Å². The molecule has 0 aliphatic heterocycles. The van der Waals surface area contributed by atoms with E-state index in [-0.39, 0.29) is 17.9 Å². The van der Waals surface area contributed by atoms with Gasteiger partial charge in [-0.25, -0.2) is 17.9 Å². The predicted octanol–water partition coefficient (Wildman–Crippen LogP) is 1.22. The second-order valence-corrected chi connectivity index (χ2v) is 6.64. The molecule has 1 rings (SSSR count). The van der Waals surface area contributed by atoms with E-state index in [2.05, 4.69) is 20.7 Å². The van der Waals surface area contributed by atoms with Crippen LogP contribution in [-0.4, -0.2) is 37.2 Å². The van der Waals surface area contributed by atoms with E-state index in [1.807, 2.05) is 0 Å². The highest BCUT2D eigenvalue weighted by Crippen LogP contribution is 2.25. The minimum absolute atomic E-state index is 0.00594. The van der Waals surface area contributed by atoms with Gasteiger partial charge < -0.3 is 10.2 Å². The molecule has 19 heavy (non-hydrogen) atoms. The number of nitrogens with one attached hydrogen (secondary N) is 1. The number of hydrogen-bond donors (Lipinski definition) is 3. The molecule has 6 nitrogen and oxygen atoms in total. The number of carboxylic acids is 1. The molecule has 0 saturated carbocycles. The van der Waals surface area contributed by atoms with Crippen molar-refractivity contribution in [2.45, 2.75) is 17.4 Å². The quantitative estimate of drug-likeness (QED) is 0.696. The lowest BCUT2D eigenvalue weighted by Gasteiger charge is -2.09. The van der Waals surface area contributed by atoms with Gasteiger partial charge in [-0.15, -0.1) is 0 Å². The summed E-state index contributed by atoms with van der Waals surface area (Å²) in [6, 6.07) is 4.08. The fourth-order valence-electron chi connectivity index (χ4n) is 1.18. The fraction of sp³-hybridized carbons (Fsp3) is 0.300. The summed E-state index contributed by atoms with van der Waals surface area (Å²) in [5.74, 6) is -1.39. The summed E-state index contributed by atoms with van der Waals surface area (Å²) in [6.07, 6.45) is -1.82. The average Bonchev–Trinajstić information content (AvgIpc) is 2.32. The van der Waals surface area contributed by atoms with Crippen molar-refractivity contribution in [2.24, 2.45) is 0 Å². The maximum absolute atomic E-state index is 11.8. The Bertz CT molecular complexity index is 577. The van der Waals surface area contributed by atoms with Gasteiger partial charge in [-0.3, -0.25) is 0 Å². The Morgan fingerprint density at radius 2 is 2.11 bits per heavy atom. The van der Waals surface area contributed by atoms with E-state index in [0.29, 0.717) is 9.50 Å². The molecule has 1 aromatic carbocycles. The van der Waals surface area contributed by atoms with Crippen molar-refractivity contribution in [2.75, 3.05) is 6.54 Å². The summed E-state index contributed by atoms with van der Waals surface area (Å²) < 4.78 is 26.3. The smallest absolute Gasteiger partial charge is 0.332 e. The Labute approximate surface area is 123 Å². The normalized spacial score (nSPS) is 13.2. The minimum atomic E-state index is -3.76. The summed E-state index contributed by atoms with van der Waals surface area (Å²) >= 11 is 8.86. The van der Waals surface area contributed by atoms with Gasteiger partial charge in [0, 0.05) is 11.0 Å². The molecule has 0 unspecified atom stereocenters. The molecule has 0 heterocycles. The average molecular weight is 373 g/mol. The largest absolute Gasteiger partial charge is 0.479 e. The highest BCUT2D eigenvalue weighted by atomic mass is 79.9. The maximum atomic E-state index is 11.8. The third-order valence-electron chi connectivity index (χ3n) is 2.20. The zero-order valence-corrected chi connectivity index (χ0v) is 12.7. The monoisotopic (exact) mass is 371 g/mol. The van der Waals surface area contributed by atoms with Gasteiger partial charge in [-0.2, -0.15) is 0 Å². The lowest BCUT2D eigenvalue weighted by atomic mass is 10.3. The Morgan fingerprint density at radius 3 is 2.63 bits per heavy atom. The molecular formula is C10H11BrClNO5S. The SMILES string of the molecule is O=C(O)[C@@H](O)CCNS(=O)(=O)c1ccc(Cl)c(Br)c1. The highest BCUT2D eigenvalue weighted by Gasteiger charge is 2.17. The van der Waals surface area contributed by atoms with Gasteiger partial charge in [0.05, 0.1) is 9.92 Å². The van der Waals surface area contributed by atoms with E-state index in [4.69, 9.17) is 21.8 Å². The van der Waals surface area contributed by atoms with Gasteiger partial charge in [0.1, 0.15) is 0 Å². The third kappa shape index (κ3) is 4.73. The standard InChI is InChI=1S/C10H11BrClNO5S/c11-7-5-6(1-2-8(7)12)19(17,18)13-4-3-9(14)10(15)16/h1-2,5,9,13-14H,3-4H2,(H,15,16)/t9-/m0/s1. The van der Waals surface area contributed by atoms with Gasteiger partial charge in [0.25, 0.3) is 0 Å². The molecule has 1 aromatic rings. The summed E-state index contributed by atoms with van der Waals surface area (Å²) in [6.45, 7) is -0.184. The van der Waals surface area contributed by atoms with Crippen LogP contribution in [0, 0.1) is 0 Å². The van der Waals surface area contributed by atoms with Gasteiger partial charge in [-0.05, 0) is 40.5 Å². The second kappa shape index (κ2) is 6.67. The number of aliphatic carboxylic acids is 1. The van der Waals surface area contributed by atoms with Crippen molar-refractivity contribution in [1.29, 1.82) is 0 Å². The first-order valence-corrected chi connectivity index (χ1v) is 7.75. The number of halogens is 2. The van der Waals surface area contributed by atoms with Gasteiger partial charge in [0.2, 0.25) is 10.0 Å². The predicted molar refractivity (Wildman–Crippen MR) is 72.6 cm³/mol. The summed E-state index contributed by atoms with van der Waals surface area (Å²) in [4.78, 5) is 10.4. The van der Waals surface area contributed by atoms with Crippen molar-refractivity contribution in [3.05, 3.63) is 27.7 Å². The fourth-order valence-corrected chi connectivity index (χ4v) is 2.90.